The first-order chi connectivity index (χ1) is 4.16. The number of carbonyl (C=O) groups excluding carboxylic acids is 1. The van der Waals surface area contributed by atoms with Gasteiger partial charge in [0.15, 0.2) is 0 Å². The molecule has 0 amide bonds. The molecular weight excluding hydrogens is 140 g/mol. The van der Waals surface area contributed by atoms with Crippen molar-refractivity contribution in [2.24, 2.45) is 0 Å². The van der Waals surface area contributed by atoms with E-state index in [-0.39, 0.29) is 12.0 Å². The number of hydrogen-bond acceptors (Lipinski definition) is 4. The molecule has 0 radical (unpaired) electrons. The summed E-state index contributed by atoms with van der Waals surface area (Å²) in [7, 11) is 0. The Morgan fingerprint density at radius 3 is 2.56 bits per heavy atom. The van der Waals surface area contributed by atoms with E-state index in [9.17, 15) is 4.79 Å². The second-order valence-corrected chi connectivity index (χ2v) is 1.95. The second kappa shape index (κ2) is 4.49. The minimum absolute atomic E-state index is 0.0611. The van der Waals surface area contributed by atoms with E-state index >= 15 is 0 Å². The number of hydrogen-bond donors (Lipinski definition) is 1. The lowest BCUT2D eigenvalue weighted by atomic mass is 10.5. The van der Waals surface area contributed by atoms with Gasteiger partial charge >= 0.3 is 6.16 Å². The monoisotopic (exact) mass is 150 g/mol. The smallest absolute Gasteiger partial charge is 0.432 e. The Labute approximate surface area is 59.7 Å². The molecule has 0 aromatic carbocycles. The maximum atomic E-state index is 10.4. The van der Waals surface area contributed by atoms with Gasteiger partial charge in [-0.2, -0.15) is 0 Å². The molecule has 9 heavy (non-hydrogen) atoms. The summed E-state index contributed by atoms with van der Waals surface area (Å²) in [6, 6.07) is 0. The quantitative estimate of drug-likeness (QED) is 0.367. The van der Waals surface area contributed by atoms with Gasteiger partial charge < -0.3 is 9.47 Å². The van der Waals surface area contributed by atoms with E-state index in [0.717, 1.165) is 0 Å². The fourth-order valence-corrected chi connectivity index (χ4v) is 0.385. The molecule has 0 aromatic heterocycles. The van der Waals surface area contributed by atoms with Gasteiger partial charge in [-0.1, -0.05) is 0 Å². The van der Waals surface area contributed by atoms with Gasteiger partial charge in [0.05, 0.1) is 6.10 Å². The van der Waals surface area contributed by atoms with Crippen molar-refractivity contribution in [3.8, 4) is 0 Å². The van der Waals surface area contributed by atoms with Crippen LogP contribution >= 0.6 is 12.6 Å². The van der Waals surface area contributed by atoms with Crippen LogP contribution in [0.1, 0.15) is 13.8 Å². The third-order valence-electron chi connectivity index (χ3n) is 0.514. The van der Waals surface area contributed by atoms with E-state index in [1.54, 1.807) is 13.8 Å². The van der Waals surface area contributed by atoms with Gasteiger partial charge in [-0.3, -0.25) is 0 Å². The molecule has 0 fully saturated rings. The van der Waals surface area contributed by atoms with Crippen molar-refractivity contribution in [1.29, 1.82) is 0 Å². The molecule has 3 nitrogen and oxygen atoms in total. The number of thiol groups is 1. The molecule has 0 bridgehead atoms. The SMILES string of the molecule is CC(C)OC(=O)OCS. The topological polar surface area (TPSA) is 35.5 Å². The molecule has 0 saturated carbocycles. The molecule has 0 aliphatic rings. The normalized spacial score (nSPS) is 9.33. The van der Waals surface area contributed by atoms with Crippen LogP contribution in [-0.4, -0.2) is 18.2 Å². The Kier molecular flexibility index (Phi) is 4.30. The van der Waals surface area contributed by atoms with Crippen LogP contribution in [0.15, 0.2) is 0 Å². The molecule has 0 heterocycles. The Morgan fingerprint density at radius 1 is 1.67 bits per heavy atom. The van der Waals surface area contributed by atoms with E-state index in [2.05, 4.69) is 22.1 Å². The van der Waals surface area contributed by atoms with Crippen LogP contribution < -0.4 is 0 Å². The summed E-state index contributed by atoms with van der Waals surface area (Å²) in [5, 5.41) is 0. The van der Waals surface area contributed by atoms with E-state index < -0.39 is 6.16 Å². The van der Waals surface area contributed by atoms with Crippen LogP contribution in [0.3, 0.4) is 0 Å². The Hall–Kier alpha value is -0.380. The van der Waals surface area contributed by atoms with E-state index in [0.29, 0.717) is 0 Å². The van der Waals surface area contributed by atoms with Crippen LogP contribution in [0.5, 0.6) is 0 Å². The molecule has 0 aromatic rings. The average molecular weight is 150 g/mol. The summed E-state index contributed by atoms with van der Waals surface area (Å²) in [6.07, 6.45) is -0.794. The summed E-state index contributed by atoms with van der Waals surface area (Å²) in [6.45, 7) is 3.50. The van der Waals surface area contributed by atoms with Gasteiger partial charge in [-0.05, 0) is 13.8 Å². The van der Waals surface area contributed by atoms with Crippen molar-refractivity contribution in [2.45, 2.75) is 20.0 Å². The maximum absolute atomic E-state index is 10.4. The number of ether oxygens (including phenoxy) is 2. The predicted octanol–water partition coefficient (Wildman–Crippen LogP) is 1.44. The first kappa shape index (κ1) is 8.62. The van der Waals surface area contributed by atoms with Crippen molar-refractivity contribution in [3.63, 3.8) is 0 Å². The zero-order chi connectivity index (χ0) is 7.28. The van der Waals surface area contributed by atoms with Crippen molar-refractivity contribution < 1.29 is 14.3 Å². The first-order valence-corrected chi connectivity index (χ1v) is 3.24. The molecule has 0 aliphatic heterocycles. The van der Waals surface area contributed by atoms with Gasteiger partial charge in [-0.15, -0.1) is 12.6 Å². The fourth-order valence-electron chi connectivity index (χ4n) is 0.279. The van der Waals surface area contributed by atoms with E-state index in [1.807, 2.05) is 0 Å². The molecule has 0 aliphatic carbocycles. The van der Waals surface area contributed by atoms with Crippen LogP contribution in [-0.2, 0) is 9.47 Å². The van der Waals surface area contributed by atoms with E-state index in [4.69, 9.17) is 0 Å². The fraction of sp³-hybridized carbons (Fsp3) is 0.800. The highest BCUT2D eigenvalue weighted by Crippen LogP contribution is 1.92. The lowest BCUT2D eigenvalue weighted by Gasteiger charge is -2.05. The molecule has 54 valence electrons. The van der Waals surface area contributed by atoms with Crippen molar-refractivity contribution in [2.75, 3.05) is 5.94 Å². The summed E-state index contributed by atoms with van der Waals surface area (Å²) in [4.78, 5) is 10.4. The zero-order valence-electron chi connectivity index (χ0n) is 5.46. The minimum Gasteiger partial charge on any atom is -0.432 e. The highest BCUT2D eigenvalue weighted by atomic mass is 32.1. The Balaban J connectivity index is 3.27. The van der Waals surface area contributed by atoms with Gasteiger partial charge in [-0.25, -0.2) is 4.79 Å². The molecule has 0 saturated heterocycles. The predicted molar refractivity (Wildman–Crippen MR) is 36.6 cm³/mol. The van der Waals surface area contributed by atoms with E-state index in [1.165, 1.54) is 0 Å². The number of rotatable bonds is 2. The third kappa shape index (κ3) is 5.49. The minimum atomic E-state index is -0.667. The van der Waals surface area contributed by atoms with Gasteiger partial charge in [0, 0.05) is 0 Å². The van der Waals surface area contributed by atoms with Crippen LogP contribution in [0.2, 0.25) is 0 Å². The lowest BCUT2D eigenvalue weighted by Crippen LogP contribution is -2.11. The third-order valence-corrected chi connectivity index (χ3v) is 0.643. The molecule has 4 heteroatoms. The second-order valence-electron chi connectivity index (χ2n) is 1.69. The molecule has 0 rings (SSSR count). The lowest BCUT2D eigenvalue weighted by molar-refractivity contribution is 0.0464. The van der Waals surface area contributed by atoms with Crippen LogP contribution in [0.4, 0.5) is 4.79 Å². The summed E-state index contributed by atoms with van der Waals surface area (Å²) >= 11 is 3.66. The molecule has 0 spiro atoms. The van der Waals surface area contributed by atoms with Gasteiger partial charge in [0.2, 0.25) is 0 Å². The molecule has 0 unspecified atom stereocenters. The highest BCUT2D eigenvalue weighted by Gasteiger charge is 2.03. The van der Waals surface area contributed by atoms with Crippen LogP contribution in [0.25, 0.3) is 0 Å². The van der Waals surface area contributed by atoms with Crippen molar-refractivity contribution in [3.05, 3.63) is 0 Å². The van der Waals surface area contributed by atoms with Crippen LogP contribution in [0, 0.1) is 0 Å². The van der Waals surface area contributed by atoms with Crippen molar-refractivity contribution in [1.82, 2.24) is 0 Å². The largest absolute Gasteiger partial charge is 0.509 e. The Bertz CT molecular complexity index is 92.2. The maximum Gasteiger partial charge on any atom is 0.509 e. The Morgan fingerprint density at radius 2 is 2.22 bits per heavy atom. The summed E-state index contributed by atoms with van der Waals surface area (Å²) < 4.78 is 8.94. The highest BCUT2D eigenvalue weighted by molar-refractivity contribution is 7.80. The molecule has 0 N–H and O–H groups in total. The van der Waals surface area contributed by atoms with Gasteiger partial charge in [0.25, 0.3) is 0 Å². The summed E-state index contributed by atoms with van der Waals surface area (Å²) in [5.41, 5.74) is 0. The average Bonchev–Trinajstić information content (AvgIpc) is 1.63. The zero-order valence-corrected chi connectivity index (χ0v) is 6.35. The van der Waals surface area contributed by atoms with Gasteiger partial charge in [0.1, 0.15) is 5.94 Å². The summed E-state index contributed by atoms with van der Waals surface area (Å²) in [5.74, 6) is 0.0611. The molecule has 0 atom stereocenters. The number of carbonyl (C=O) groups is 1. The molecular formula is C5H10O3S. The van der Waals surface area contributed by atoms with Crippen molar-refractivity contribution >= 4 is 18.8 Å². The first-order valence-electron chi connectivity index (χ1n) is 2.61. The standard InChI is InChI=1S/C5H10O3S/c1-4(2)8-5(6)7-3-9/h4,9H,3H2,1-2H3.